The van der Waals surface area contributed by atoms with Crippen LogP contribution in [0.4, 0.5) is 0 Å². The minimum Gasteiger partial charge on any atom is -0.481 e. The quantitative estimate of drug-likeness (QED) is 0.753. The van der Waals surface area contributed by atoms with Crippen molar-refractivity contribution in [1.82, 2.24) is 14.5 Å². The second-order valence-electron chi connectivity index (χ2n) is 6.88. The van der Waals surface area contributed by atoms with Crippen LogP contribution in [0.3, 0.4) is 0 Å². The molecule has 144 valence electrons. The van der Waals surface area contributed by atoms with Crippen LogP contribution in [0.2, 0.25) is 0 Å². The number of imidazole rings is 1. The zero-order valence-corrected chi connectivity index (χ0v) is 15.5. The van der Waals surface area contributed by atoms with E-state index < -0.39 is 12.1 Å². The van der Waals surface area contributed by atoms with Crippen molar-refractivity contribution in [2.75, 3.05) is 19.7 Å². The van der Waals surface area contributed by atoms with Gasteiger partial charge in [-0.2, -0.15) is 0 Å². The van der Waals surface area contributed by atoms with Gasteiger partial charge in [-0.1, -0.05) is 18.2 Å². The van der Waals surface area contributed by atoms with Crippen molar-refractivity contribution in [2.24, 2.45) is 0 Å². The number of aromatic nitrogens is 2. The van der Waals surface area contributed by atoms with Crippen molar-refractivity contribution in [3.63, 3.8) is 0 Å². The molecule has 3 aromatic rings. The molecule has 4 rings (SSSR count). The van der Waals surface area contributed by atoms with E-state index in [1.807, 2.05) is 43.3 Å². The first kappa shape index (κ1) is 18.2. The summed E-state index contributed by atoms with van der Waals surface area (Å²) in [7, 11) is 0. The number of carboxylic acid groups (broad SMARTS) is 1. The highest BCUT2D eigenvalue weighted by Crippen LogP contribution is 2.23. The van der Waals surface area contributed by atoms with E-state index in [1.54, 1.807) is 17.0 Å². The first-order valence-corrected chi connectivity index (χ1v) is 9.20. The number of para-hydroxylation sites is 1. The van der Waals surface area contributed by atoms with E-state index in [0.29, 0.717) is 18.7 Å². The predicted molar refractivity (Wildman–Crippen MR) is 104 cm³/mol. The number of aryl methyl sites for hydroxylation is 1. The van der Waals surface area contributed by atoms with Gasteiger partial charge in [0.2, 0.25) is 0 Å². The lowest BCUT2D eigenvalue weighted by atomic mass is 10.1. The number of fused-ring (bicyclic) bond motifs is 1. The van der Waals surface area contributed by atoms with Gasteiger partial charge >= 0.3 is 5.97 Å². The molecule has 2 aromatic carbocycles. The Bertz CT molecular complexity index is 1030. The van der Waals surface area contributed by atoms with Crippen molar-refractivity contribution in [2.45, 2.75) is 19.4 Å². The SMILES string of the molecule is Cc1nc2cc(C(=O)N3CCO[C@@H](CC(=O)O)C3)ccc2n1-c1ccccc1. The number of ether oxygens (including phenoxy) is 1. The molecule has 7 heteroatoms. The van der Waals surface area contributed by atoms with Gasteiger partial charge in [0, 0.05) is 24.3 Å². The molecule has 0 spiro atoms. The third-order valence-corrected chi connectivity index (χ3v) is 4.91. The lowest BCUT2D eigenvalue weighted by Crippen LogP contribution is -2.46. The van der Waals surface area contributed by atoms with Gasteiger partial charge in [-0.25, -0.2) is 4.98 Å². The average molecular weight is 379 g/mol. The van der Waals surface area contributed by atoms with E-state index in [1.165, 1.54) is 0 Å². The topological polar surface area (TPSA) is 84.7 Å². The van der Waals surface area contributed by atoms with Crippen molar-refractivity contribution < 1.29 is 19.4 Å². The van der Waals surface area contributed by atoms with Gasteiger partial charge in [0.1, 0.15) is 5.82 Å². The minimum atomic E-state index is -0.928. The van der Waals surface area contributed by atoms with Crippen LogP contribution in [0.25, 0.3) is 16.7 Å². The third kappa shape index (κ3) is 3.48. The monoisotopic (exact) mass is 379 g/mol. The van der Waals surface area contributed by atoms with E-state index in [4.69, 9.17) is 9.84 Å². The van der Waals surface area contributed by atoms with Crippen LogP contribution in [0.15, 0.2) is 48.5 Å². The number of nitrogens with zero attached hydrogens (tertiary/aromatic N) is 3. The Morgan fingerprint density at radius 1 is 1.21 bits per heavy atom. The summed E-state index contributed by atoms with van der Waals surface area (Å²) in [6, 6.07) is 15.5. The molecule has 0 bridgehead atoms. The van der Waals surface area contributed by atoms with Crippen LogP contribution in [0.5, 0.6) is 0 Å². The number of amides is 1. The van der Waals surface area contributed by atoms with E-state index in [-0.39, 0.29) is 18.9 Å². The van der Waals surface area contributed by atoms with Gasteiger partial charge < -0.3 is 14.7 Å². The van der Waals surface area contributed by atoms with E-state index in [2.05, 4.69) is 9.55 Å². The van der Waals surface area contributed by atoms with Crippen molar-refractivity contribution in [3.05, 3.63) is 59.9 Å². The van der Waals surface area contributed by atoms with Crippen LogP contribution < -0.4 is 0 Å². The van der Waals surface area contributed by atoms with E-state index in [0.717, 1.165) is 22.5 Å². The van der Waals surface area contributed by atoms with Gasteiger partial charge in [0.15, 0.2) is 0 Å². The lowest BCUT2D eigenvalue weighted by Gasteiger charge is -2.32. The maximum Gasteiger partial charge on any atom is 0.306 e. The number of carbonyl (C=O) groups excluding carboxylic acids is 1. The highest BCUT2D eigenvalue weighted by molar-refractivity contribution is 5.97. The van der Waals surface area contributed by atoms with Gasteiger partial charge in [-0.15, -0.1) is 0 Å². The molecule has 28 heavy (non-hydrogen) atoms. The first-order chi connectivity index (χ1) is 13.5. The standard InChI is InChI=1S/C21H21N3O4/c1-14-22-18-11-15(7-8-19(18)24(14)16-5-3-2-4-6-16)21(27)23-9-10-28-17(13-23)12-20(25)26/h2-8,11,17H,9-10,12-13H2,1H3,(H,25,26)/t17-/m0/s1. The number of carbonyl (C=O) groups is 2. The van der Waals surface area contributed by atoms with Crippen molar-refractivity contribution in [3.8, 4) is 5.69 Å². The summed E-state index contributed by atoms with van der Waals surface area (Å²) in [5.74, 6) is -0.214. The molecule has 7 nitrogen and oxygen atoms in total. The van der Waals surface area contributed by atoms with Gasteiger partial charge in [0.05, 0.1) is 30.2 Å². The largest absolute Gasteiger partial charge is 0.481 e. The molecular weight excluding hydrogens is 358 g/mol. The molecule has 1 fully saturated rings. The molecule has 1 saturated heterocycles. The third-order valence-electron chi connectivity index (χ3n) is 4.91. The number of morpholine rings is 1. The summed E-state index contributed by atoms with van der Waals surface area (Å²) in [5, 5.41) is 8.95. The zero-order valence-electron chi connectivity index (χ0n) is 15.5. The Morgan fingerprint density at radius 3 is 2.75 bits per heavy atom. The Balaban J connectivity index is 1.61. The molecule has 1 amide bonds. The maximum absolute atomic E-state index is 12.9. The summed E-state index contributed by atoms with van der Waals surface area (Å²) in [6.07, 6.45) is -0.581. The van der Waals surface area contributed by atoms with Crippen LogP contribution in [0.1, 0.15) is 22.6 Å². The first-order valence-electron chi connectivity index (χ1n) is 9.20. The van der Waals surface area contributed by atoms with Crippen molar-refractivity contribution >= 4 is 22.9 Å². The van der Waals surface area contributed by atoms with Crippen LogP contribution in [-0.4, -0.2) is 57.2 Å². The summed E-state index contributed by atoms with van der Waals surface area (Å²) >= 11 is 0. The number of carboxylic acids is 1. The number of aliphatic carboxylic acids is 1. The lowest BCUT2D eigenvalue weighted by molar-refractivity contribution is -0.141. The molecule has 1 atom stereocenters. The van der Waals surface area contributed by atoms with Crippen molar-refractivity contribution in [1.29, 1.82) is 0 Å². The van der Waals surface area contributed by atoms with Gasteiger partial charge in [0.25, 0.3) is 5.91 Å². The number of benzene rings is 2. The molecular formula is C21H21N3O4. The minimum absolute atomic E-state index is 0.108. The van der Waals surface area contributed by atoms with E-state index in [9.17, 15) is 9.59 Å². The molecule has 0 unspecified atom stereocenters. The molecule has 1 N–H and O–H groups in total. The Morgan fingerprint density at radius 2 is 2.00 bits per heavy atom. The molecule has 0 saturated carbocycles. The summed E-state index contributed by atoms with van der Waals surface area (Å²) in [4.78, 5) is 30.1. The molecule has 0 radical (unpaired) electrons. The molecule has 1 aliphatic rings. The molecule has 0 aliphatic carbocycles. The molecule has 2 heterocycles. The Kier molecular flexibility index (Phi) is 4.83. The maximum atomic E-state index is 12.9. The smallest absolute Gasteiger partial charge is 0.306 e. The average Bonchev–Trinajstić information content (AvgIpc) is 3.02. The molecule has 1 aromatic heterocycles. The van der Waals surface area contributed by atoms with Gasteiger partial charge in [-0.3, -0.25) is 14.2 Å². The number of hydrogen-bond acceptors (Lipinski definition) is 4. The van der Waals surface area contributed by atoms with E-state index >= 15 is 0 Å². The summed E-state index contributed by atoms with van der Waals surface area (Å²) < 4.78 is 7.51. The Hall–Kier alpha value is -3.19. The number of hydrogen-bond donors (Lipinski definition) is 1. The van der Waals surface area contributed by atoms with Crippen LogP contribution in [0, 0.1) is 6.92 Å². The predicted octanol–water partition coefficient (Wildman–Crippen LogP) is 2.65. The normalized spacial score (nSPS) is 17.0. The highest BCUT2D eigenvalue weighted by Gasteiger charge is 2.27. The highest BCUT2D eigenvalue weighted by atomic mass is 16.5. The zero-order chi connectivity index (χ0) is 19.7. The van der Waals surface area contributed by atoms with Crippen LogP contribution >= 0.6 is 0 Å². The fraction of sp³-hybridized carbons (Fsp3) is 0.286. The van der Waals surface area contributed by atoms with Crippen LogP contribution in [-0.2, 0) is 9.53 Å². The second kappa shape index (κ2) is 7.44. The fourth-order valence-corrected chi connectivity index (χ4v) is 3.64. The van der Waals surface area contributed by atoms with Gasteiger partial charge in [-0.05, 0) is 37.3 Å². The molecule has 1 aliphatic heterocycles. The summed E-state index contributed by atoms with van der Waals surface area (Å²) in [6.45, 7) is 3.01. The number of rotatable bonds is 4. The fourth-order valence-electron chi connectivity index (χ4n) is 3.64. The Labute approximate surface area is 162 Å². The summed E-state index contributed by atoms with van der Waals surface area (Å²) in [5.41, 5.74) is 3.25. The second-order valence-corrected chi connectivity index (χ2v) is 6.88.